The van der Waals surface area contributed by atoms with Crippen LogP contribution in [-0.2, 0) is 0 Å². The zero-order valence-electron chi connectivity index (χ0n) is 8.41. The van der Waals surface area contributed by atoms with Crippen molar-refractivity contribution in [3.8, 4) is 0 Å². The van der Waals surface area contributed by atoms with Gasteiger partial charge >= 0.3 is 0 Å². The fraction of sp³-hybridized carbons (Fsp3) is 0.818. The second-order valence-electron chi connectivity index (χ2n) is 4.53. The van der Waals surface area contributed by atoms with Crippen LogP contribution in [0.2, 0.25) is 0 Å². The van der Waals surface area contributed by atoms with Gasteiger partial charge in [0, 0.05) is 17.7 Å². The maximum absolute atomic E-state index is 3.57. The fourth-order valence-electron chi connectivity index (χ4n) is 2.66. The van der Waals surface area contributed by atoms with Crippen molar-refractivity contribution in [2.45, 2.75) is 40.0 Å². The zero-order chi connectivity index (χ0) is 8.77. The fourth-order valence-corrected chi connectivity index (χ4v) is 2.66. The molecular weight excluding hydrogens is 146 g/mol. The summed E-state index contributed by atoms with van der Waals surface area (Å²) in [5, 5.41) is 3.57. The Morgan fingerprint density at radius 1 is 1.42 bits per heavy atom. The summed E-state index contributed by atoms with van der Waals surface area (Å²) in [6.45, 7) is 8.14. The van der Waals surface area contributed by atoms with Crippen molar-refractivity contribution < 1.29 is 0 Å². The molecule has 0 aromatic heterocycles. The topological polar surface area (TPSA) is 12.0 Å². The van der Waals surface area contributed by atoms with Gasteiger partial charge in [-0.2, -0.15) is 0 Å². The van der Waals surface area contributed by atoms with Gasteiger partial charge in [0.05, 0.1) is 0 Å². The Morgan fingerprint density at radius 3 is 2.50 bits per heavy atom. The van der Waals surface area contributed by atoms with Crippen LogP contribution in [0.1, 0.15) is 40.0 Å². The first-order valence-corrected chi connectivity index (χ1v) is 5.17. The van der Waals surface area contributed by atoms with Crippen LogP contribution in [0, 0.1) is 11.3 Å². The maximum atomic E-state index is 3.57. The predicted molar refractivity (Wildman–Crippen MR) is 51.8 cm³/mol. The van der Waals surface area contributed by atoms with Crippen molar-refractivity contribution in [1.82, 2.24) is 5.32 Å². The summed E-state index contributed by atoms with van der Waals surface area (Å²) in [6, 6.07) is 0. The highest BCUT2D eigenvalue weighted by molar-refractivity contribution is 5.34. The Hall–Kier alpha value is -0.460. The smallest absolute Gasteiger partial charge is 0.0238 e. The second-order valence-corrected chi connectivity index (χ2v) is 4.53. The van der Waals surface area contributed by atoms with Crippen LogP contribution in [0.15, 0.2) is 11.3 Å². The summed E-state index contributed by atoms with van der Waals surface area (Å²) in [5.41, 5.74) is 3.91. The van der Waals surface area contributed by atoms with E-state index >= 15 is 0 Å². The quantitative estimate of drug-likeness (QED) is 0.663. The number of allylic oxidation sites excluding steroid dienone is 1. The molecule has 1 heteroatoms. The molecule has 12 heavy (non-hydrogen) atoms. The molecule has 2 aliphatic rings. The van der Waals surface area contributed by atoms with E-state index in [-0.39, 0.29) is 0 Å². The first-order chi connectivity index (χ1) is 5.69. The minimum absolute atomic E-state index is 0.625. The number of nitrogens with one attached hydrogen (secondary N) is 1. The standard InChI is InChI=1S/C11H19N/c1-4-9-10(8(2)3)11(5-6-11)7-12-9/h8,12H,4-7H2,1-3H3. The van der Waals surface area contributed by atoms with Crippen molar-refractivity contribution in [2.75, 3.05) is 6.54 Å². The lowest BCUT2D eigenvalue weighted by Gasteiger charge is -2.15. The highest BCUT2D eigenvalue weighted by atomic mass is 15.0. The predicted octanol–water partition coefficient (Wildman–Crippen LogP) is 2.69. The molecule has 0 bridgehead atoms. The molecule has 1 fully saturated rings. The Labute approximate surface area is 75.2 Å². The lowest BCUT2D eigenvalue weighted by Crippen LogP contribution is -2.13. The Morgan fingerprint density at radius 2 is 2.08 bits per heavy atom. The third-order valence-corrected chi connectivity index (χ3v) is 3.32. The van der Waals surface area contributed by atoms with E-state index in [0.717, 1.165) is 5.92 Å². The van der Waals surface area contributed by atoms with Crippen LogP contribution in [-0.4, -0.2) is 6.54 Å². The summed E-state index contributed by atoms with van der Waals surface area (Å²) in [5.74, 6) is 0.748. The van der Waals surface area contributed by atoms with Gasteiger partial charge in [0.25, 0.3) is 0 Å². The molecule has 0 unspecified atom stereocenters. The second kappa shape index (κ2) is 2.51. The van der Waals surface area contributed by atoms with Crippen molar-refractivity contribution in [3.63, 3.8) is 0 Å². The van der Waals surface area contributed by atoms with Crippen molar-refractivity contribution >= 4 is 0 Å². The minimum atomic E-state index is 0.625. The third-order valence-electron chi connectivity index (χ3n) is 3.32. The molecule has 1 saturated carbocycles. The van der Waals surface area contributed by atoms with Gasteiger partial charge in [-0.15, -0.1) is 0 Å². The molecule has 0 saturated heterocycles. The van der Waals surface area contributed by atoms with Crippen LogP contribution in [0.5, 0.6) is 0 Å². The van der Waals surface area contributed by atoms with Gasteiger partial charge in [-0.1, -0.05) is 20.8 Å². The number of hydrogen-bond donors (Lipinski definition) is 1. The molecule has 0 atom stereocenters. The average Bonchev–Trinajstić information content (AvgIpc) is 2.64. The normalized spacial score (nSPS) is 25.3. The molecule has 2 rings (SSSR count). The molecule has 1 N–H and O–H groups in total. The maximum Gasteiger partial charge on any atom is 0.0238 e. The largest absolute Gasteiger partial charge is 0.387 e. The molecule has 0 aromatic carbocycles. The summed E-state index contributed by atoms with van der Waals surface area (Å²) >= 11 is 0. The Balaban J connectivity index is 2.30. The van der Waals surface area contributed by atoms with Crippen molar-refractivity contribution in [2.24, 2.45) is 11.3 Å². The van der Waals surface area contributed by atoms with Crippen LogP contribution >= 0.6 is 0 Å². The molecule has 0 radical (unpaired) electrons. The van der Waals surface area contributed by atoms with Crippen LogP contribution in [0.3, 0.4) is 0 Å². The molecule has 1 spiro atoms. The van der Waals surface area contributed by atoms with Crippen LogP contribution in [0.4, 0.5) is 0 Å². The Kier molecular flexibility index (Phi) is 1.71. The van der Waals surface area contributed by atoms with E-state index in [0.29, 0.717) is 5.41 Å². The molecule has 1 aliphatic carbocycles. The first-order valence-electron chi connectivity index (χ1n) is 5.17. The SMILES string of the molecule is CCC1=C(C(C)C)C2(CC2)CN1. The summed E-state index contributed by atoms with van der Waals surface area (Å²) in [7, 11) is 0. The van der Waals surface area contributed by atoms with E-state index in [1.165, 1.54) is 25.8 Å². The van der Waals surface area contributed by atoms with E-state index in [4.69, 9.17) is 0 Å². The van der Waals surface area contributed by atoms with E-state index in [1.54, 1.807) is 11.3 Å². The minimum Gasteiger partial charge on any atom is -0.387 e. The highest BCUT2D eigenvalue weighted by Gasteiger charge is 2.50. The summed E-state index contributed by atoms with van der Waals surface area (Å²) in [4.78, 5) is 0. The van der Waals surface area contributed by atoms with Gasteiger partial charge in [0.1, 0.15) is 0 Å². The lowest BCUT2D eigenvalue weighted by atomic mass is 9.88. The number of rotatable bonds is 2. The van der Waals surface area contributed by atoms with Gasteiger partial charge in [-0.25, -0.2) is 0 Å². The van der Waals surface area contributed by atoms with Gasteiger partial charge < -0.3 is 5.32 Å². The van der Waals surface area contributed by atoms with Gasteiger partial charge in [-0.3, -0.25) is 0 Å². The third kappa shape index (κ3) is 0.988. The van der Waals surface area contributed by atoms with Crippen LogP contribution in [0.25, 0.3) is 0 Å². The van der Waals surface area contributed by atoms with Gasteiger partial charge in [0.2, 0.25) is 0 Å². The molecule has 1 heterocycles. The molecule has 1 aliphatic heterocycles. The molecule has 0 aromatic rings. The van der Waals surface area contributed by atoms with Crippen molar-refractivity contribution in [3.05, 3.63) is 11.3 Å². The van der Waals surface area contributed by atoms with E-state index in [1.807, 2.05) is 0 Å². The van der Waals surface area contributed by atoms with E-state index in [9.17, 15) is 0 Å². The molecule has 1 nitrogen and oxygen atoms in total. The monoisotopic (exact) mass is 165 g/mol. The summed E-state index contributed by atoms with van der Waals surface area (Å²) < 4.78 is 0. The average molecular weight is 165 g/mol. The van der Waals surface area contributed by atoms with E-state index < -0.39 is 0 Å². The zero-order valence-corrected chi connectivity index (χ0v) is 8.41. The van der Waals surface area contributed by atoms with Crippen molar-refractivity contribution in [1.29, 1.82) is 0 Å². The molecular formula is C11H19N. The first kappa shape index (κ1) is 8.15. The number of hydrogen-bond acceptors (Lipinski definition) is 1. The highest BCUT2D eigenvalue weighted by Crippen LogP contribution is 2.57. The van der Waals surface area contributed by atoms with E-state index in [2.05, 4.69) is 26.1 Å². The van der Waals surface area contributed by atoms with Crippen LogP contribution < -0.4 is 5.32 Å². The van der Waals surface area contributed by atoms with Gasteiger partial charge in [0.15, 0.2) is 0 Å². The lowest BCUT2D eigenvalue weighted by molar-refractivity contribution is 0.558. The Bertz CT molecular complexity index is 221. The molecule has 0 amide bonds. The molecule has 68 valence electrons. The summed E-state index contributed by atoms with van der Waals surface area (Å²) in [6.07, 6.45) is 4.04. The van der Waals surface area contributed by atoms with Gasteiger partial charge in [-0.05, 0) is 30.8 Å².